The van der Waals surface area contributed by atoms with Gasteiger partial charge in [0.2, 0.25) is 0 Å². The van der Waals surface area contributed by atoms with Gasteiger partial charge in [0.1, 0.15) is 6.04 Å². The van der Waals surface area contributed by atoms with Crippen molar-refractivity contribution >= 4 is 30.8 Å². The van der Waals surface area contributed by atoms with Gasteiger partial charge >= 0.3 is 5.97 Å². The van der Waals surface area contributed by atoms with Gasteiger partial charge in [-0.25, -0.2) is 0 Å². The second-order valence-corrected chi connectivity index (χ2v) is 3.10. The summed E-state index contributed by atoms with van der Waals surface area (Å²) in [6, 6.07) is -0.325. The molecule has 1 heterocycles. The largest absolute Gasteiger partial charge is 0.480 e. The molecule has 1 aliphatic heterocycles. The molecule has 1 saturated heterocycles. The van der Waals surface area contributed by atoms with Crippen LogP contribution in [0.4, 0.5) is 0 Å². The molecule has 1 N–H and O–H groups in total. The van der Waals surface area contributed by atoms with E-state index in [1.807, 2.05) is 23.9 Å². The van der Waals surface area contributed by atoms with Crippen LogP contribution in [0.5, 0.6) is 0 Å². The second kappa shape index (κ2) is 6.43. The Balaban J connectivity index is 0. The highest BCUT2D eigenvalue weighted by Gasteiger charge is 2.27. The van der Waals surface area contributed by atoms with Crippen molar-refractivity contribution in [2.45, 2.75) is 6.04 Å². The maximum atomic E-state index is 10.6. The minimum absolute atomic E-state index is 0. The molecule has 1 atom stereocenters. The monoisotopic (exact) mass is 230 g/mol. The minimum atomic E-state index is -0.723. The van der Waals surface area contributed by atoms with Crippen LogP contribution in [-0.4, -0.2) is 60.6 Å². The summed E-state index contributed by atoms with van der Waals surface area (Å²) >= 11 is 0. The third-order valence-corrected chi connectivity index (χ3v) is 2.14. The topological polar surface area (TPSA) is 43.8 Å². The van der Waals surface area contributed by atoms with E-state index in [4.69, 9.17) is 5.11 Å². The summed E-state index contributed by atoms with van der Waals surface area (Å²) in [4.78, 5) is 14.6. The number of piperazine rings is 1. The molecule has 0 unspecified atom stereocenters. The van der Waals surface area contributed by atoms with Crippen molar-refractivity contribution in [1.82, 2.24) is 9.80 Å². The predicted octanol–water partition coefficient (Wildman–Crippen LogP) is 0.160. The van der Waals surface area contributed by atoms with Crippen molar-refractivity contribution in [3.05, 3.63) is 0 Å². The highest BCUT2D eigenvalue weighted by molar-refractivity contribution is 5.85. The highest BCUT2D eigenvalue weighted by atomic mass is 35.5. The van der Waals surface area contributed by atoms with Crippen LogP contribution in [-0.2, 0) is 4.79 Å². The first kappa shape index (κ1) is 15.4. The normalized spacial score (nSPS) is 24.3. The predicted molar refractivity (Wildman–Crippen MR) is 56.0 cm³/mol. The van der Waals surface area contributed by atoms with Crippen LogP contribution in [0.15, 0.2) is 0 Å². The fourth-order valence-electron chi connectivity index (χ4n) is 1.28. The third-order valence-electron chi connectivity index (χ3n) is 2.14. The van der Waals surface area contributed by atoms with Gasteiger partial charge in [-0.1, -0.05) is 0 Å². The molecular formula is C7H16Cl2N2O2. The number of carbonyl (C=O) groups is 1. The Hall–Kier alpha value is -0.0300. The van der Waals surface area contributed by atoms with Gasteiger partial charge in [0, 0.05) is 19.6 Å². The molecule has 0 amide bonds. The van der Waals surface area contributed by atoms with Crippen molar-refractivity contribution in [3.8, 4) is 0 Å². The van der Waals surface area contributed by atoms with Gasteiger partial charge in [-0.15, -0.1) is 24.8 Å². The first-order chi connectivity index (χ1) is 5.11. The lowest BCUT2D eigenvalue weighted by atomic mass is 10.2. The van der Waals surface area contributed by atoms with Crippen LogP contribution >= 0.6 is 24.8 Å². The van der Waals surface area contributed by atoms with E-state index in [1.54, 1.807) is 0 Å². The van der Waals surface area contributed by atoms with Crippen molar-refractivity contribution in [3.63, 3.8) is 0 Å². The Morgan fingerprint density at radius 2 is 1.85 bits per heavy atom. The van der Waals surface area contributed by atoms with Crippen LogP contribution in [0.2, 0.25) is 0 Å². The molecule has 0 spiro atoms. The van der Waals surface area contributed by atoms with Gasteiger partial charge in [0.05, 0.1) is 0 Å². The Bertz CT molecular complexity index is 169. The van der Waals surface area contributed by atoms with Gasteiger partial charge in [0.25, 0.3) is 0 Å². The zero-order chi connectivity index (χ0) is 8.43. The molecule has 1 aliphatic rings. The first-order valence-corrected chi connectivity index (χ1v) is 3.73. The van der Waals surface area contributed by atoms with Crippen LogP contribution in [0.25, 0.3) is 0 Å². The lowest BCUT2D eigenvalue weighted by molar-refractivity contribution is -0.144. The van der Waals surface area contributed by atoms with E-state index in [0.717, 1.165) is 13.1 Å². The van der Waals surface area contributed by atoms with Crippen molar-refractivity contribution in [2.24, 2.45) is 0 Å². The van der Waals surface area contributed by atoms with Crippen molar-refractivity contribution in [2.75, 3.05) is 33.7 Å². The number of hydrogen-bond donors (Lipinski definition) is 1. The summed E-state index contributed by atoms with van der Waals surface area (Å²) in [6.07, 6.45) is 0. The van der Waals surface area contributed by atoms with Crippen LogP contribution < -0.4 is 0 Å². The molecular weight excluding hydrogens is 215 g/mol. The zero-order valence-corrected chi connectivity index (χ0v) is 9.40. The van der Waals surface area contributed by atoms with E-state index in [-0.39, 0.29) is 30.9 Å². The van der Waals surface area contributed by atoms with Crippen molar-refractivity contribution in [1.29, 1.82) is 0 Å². The maximum absolute atomic E-state index is 10.6. The van der Waals surface area contributed by atoms with Gasteiger partial charge in [-0.3, -0.25) is 9.69 Å². The van der Waals surface area contributed by atoms with E-state index in [9.17, 15) is 4.79 Å². The maximum Gasteiger partial charge on any atom is 0.322 e. The average molecular weight is 231 g/mol. The number of aliphatic carboxylic acids is 1. The molecule has 1 fully saturated rings. The van der Waals surface area contributed by atoms with Gasteiger partial charge in [-0.2, -0.15) is 0 Å². The molecule has 13 heavy (non-hydrogen) atoms. The lowest BCUT2D eigenvalue weighted by Gasteiger charge is -2.34. The number of rotatable bonds is 1. The Morgan fingerprint density at radius 1 is 1.31 bits per heavy atom. The standard InChI is InChI=1S/C7H14N2O2.2ClH/c1-8-3-4-9(2)6(5-8)7(10)11;;/h6H,3-5H2,1-2H3,(H,10,11);2*1H/t6-;;/m0../s1. The minimum Gasteiger partial charge on any atom is -0.480 e. The molecule has 6 heteroatoms. The van der Waals surface area contributed by atoms with E-state index in [2.05, 4.69) is 0 Å². The molecule has 1 rings (SSSR count). The summed E-state index contributed by atoms with van der Waals surface area (Å²) in [7, 11) is 3.80. The molecule has 0 aliphatic carbocycles. The number of nitrogens with zero attached hydrogens (tertiary/aromatic N) is 2. The number of likely N-dealkylation sites (N-methyl/N-ethyl adjacent to an activating group) is 2. The van der Waals surface area contributed by atoms with E-state index < -0.39 is 5.97 Å². The van der Waals surface area contributed by atoms with Gasteiger partial charge in [-0.05, 0) is 14.1 Å². The van der Waals surface area contributed by atoms with Crippen LogP contribution in [0.3, 0.4) is 0 Å². The summed E-state index contributed by atoms with van der Waals surface area (Å²) in [5.41, 5.74) is 0. The fourth-order valence-corrected chi connectivity index (χ4v) is 1.28. The molecule has 0 radical (unpaired) electrons. The molecule has 4 nitrogen and oxygen atoms in total. The van der Waals surface area contributed by atoms with E-state index >= 15 is 0 Å². The fraction of sp³-hybridized carbons (Fsp3) is 0.857. The van der Waals surface area contributed by atoms with Crippen LogP contribution in [0, 0.1) is 0 Å². The highest BCUT2D eigenvalue weighted by Crippen LogP contribution is 2.05. The number of carboxylic acids is 1. The zero-order valence-electron chi connectivity index (χ0n) is 7.77. The lowest BCUT2D eigenvalue weighted by Crippen LogP contribution is -2.53. The molecule has 0 aromatic heterocycles. The summed E-state index contributed by atoms with van der Waals surface area (Å²) < 4.78 is 0. The van der Waals surface area contributed by atoms with Gasteiger partial charge < -0.3 is 10.0 Å². The smallest absolute Gasteiger partial charge is 0.322 e. The van der Waals surface area contributed by atoms with Crippen molar-refractivity contribution < 1.29 is 9.90 Å². The molecule has 80 valence electrons. The molecule has 0 bridgehead atoms. The summed E-state index contributed by atoms with van der Waals surface area (Å²) in [5.74, 6) is -0.723. The van der Waals surface area contributed by atoms with Crippen LogP contribution in [0.1, 0.15) is 0 Å². The summed E-state index contributed by atoms with van der Waals surface area (Å²) in [5, 5.41) is 8.76. The van der Waals surface area contributed by atoms with Gasteiger partial charge in [0.15, 0.2) is 0 Å². The Morgan fingerprint density at radius 3 is 2.23 bits per heavy atom. The second-order valence-electron chi connectivity index (χ2n) is 3.10. The number of halogens is 2. The average Bonchev–Trinajstić information content (AvgIpc) is 1.94. The Kier molecular flexibility index (Phi) is 7.64. The van der Waals surface area contributed by atoms with E-state index in [1.165, 1.54) is 0 Å². The first-order valence-electron chi connectivity index (χ1n) is 3.73. The SMILES string of the molecule is CN1CCN(C)[C@H](C(=O)O)C1.Cl.Cl. The molecule has 0 aromatic rings. The summed E-state index contributed by atoms with van der Waals surface area (Å²) in [6.45, 7) is 2.43. The van der Waals surface area contributed by atoms with E-state index in [0.29, 0.717) is 6.54 Å². The molecule has 0 saturated carbocycles. The number of carboxylic acid groups (broad SMARTS) is 1. The quantitative estimate of drug-likeness (QED) is 0.698. The Labute approximate surface area is 90.7 Å². The number of hydrogen-bond acceptors (Lipinski definition) is 3. The molecule has 0 aromatic carbocycles. The third kappa shape index (κ3) is 4.13.